The lowest BCUT2D eigenvalue weighted by molar-refractivity contribution is -0.150. The highest BCUT2D eigenvalue weighted by molar-refractivity contribution is 5.89. The molecule has 1 saturated heterocycles. The van der Waals surface area contributed by atoms with Crippen LogP contribution in [-0.4, -0.2) is 86.4 Å². The molecule has 2 atom stereocenters. The molecule has 0 radical (unpaired) electrons. The van der Waals surface area contributed by atoms with E-state index >= 15 is 0 Å². The van der Waals surface area contributed by atoms with Crippen molar-refractivity contribution in [2.45, 2.75) is 311 Å². The van der Waals surface area contributed by atoms with E-state index in [1.165, 1.54) is 205 Å². The Morgan fingerprint density at radius 3 is 1.48 bits per heavy atom. The third-order valence-electron chi connectivity index (χ3n) is 14.5. The highest BCUT2D eigenvalue weighted by Gasteiger charge is 2.29. The van der Waals surface area contributed by atoms with Crippen LogP contribution in [0.4, 0.5) is 0 Å². The van der Waals surface area contributed by atoms with E-state index in [1.54, 1.807) is 6.92 Å². The molecule has 1 unspecified atom stereocenters. The topological polar surface area (TPSA) is 76.2 Å². The molecule has 1 heterocycles. The quantitative estimate of drug-likeness (QED) is 0.0260. The summed E-state index contributed by atoms with van der Waals surface area (Å²) in [4.78, 5) is 38.9. The van der Waals surface area contributed by atoms with Gasteiger partial charge in [-0.2, -0.15) is 0 Å². The van der Waals surface area contributed by atoms with Gasteiger partial charge in [0.05, 0.1) is 6.61 Å². The second-order valence-electron chi connectivity index (χ2n) is 22.2. The van der Waals surface area contributed by atoms with Gasteiger partial charge in [-0.15, -0.1) is 6.58 Å². The Kier molecular flexibility index (Phi) is 56.1. The summed E-state index contributed by atoms with van der Waals surface area (Å²) in [5, 5.41) is 0. The summed E-state index contributed by atoms with van der Waals surface area (Å²) in [7, 11) is 3.88. The number of allylic oxidation sites excluding steroid dienone is 2. The van der Waals surface area contributed by atoms with Crippen LogP contribution < -0.4 is 0 Å². The summed E-state index contributed by atoms with van der Waals surface area (Å²) in [6, 6.07) is 0.555. The molecular weight excluding hydrogens is 877 g/mol. The van der Waals surface area contributed by atoms with Gasteiger partial charge in [0.2, 0.25) is 0 Å². The fourth-order valence-corrected chi connectivity index (χ4v) is 9.77. The fraction of sp³-hybridized carbons (Fsp3) is 0.891. The Morgan fingerprint density at radius 2 is 1.01 bits per heavy atom. The van der Waals surface area contributed by atoms with Crippen molar-refractivity contribution in [2.24, 2.45) is 11.8 Å². The third-order valence-corrected chi connectivity index (χ3v) is 14.5. The number of ketones is 2. The number of unbranched alkanes of at least 4 members (excludes halogenated alkanes) is 26. The summed E-state index contributed by atoms with van der Waals surface area (Å²) >= 11 is 0. The van der Waals surface area contributed by atoms with Gasteiger partial charge in [0, 0.05) is 45.0 Å². The summed E-state index contributed by atoms with van der Waals surface area (Å²) < 4.78 is 12.1. The Morgan fingerprint density at radius 1 is 0.577 bits per heavy atom. The van der Waals surface area contributed by atoms with Gasteiger partial charge in [0.15, 0.2) is 5.78 Å². The summed E-state index contributed by atoms with van der Waals surface area (Å²) in [5.41, 5.74) is 0. The lowest BCUT2D eigenvalue weighted by Gasteiger charge is -2.24. The predicted molar refractivity (Wildman–Crippen MR) is 311 cm³/mol. The number of likely N-dealkylation sites (tertiary alicyclic amines) is 1. The number of esters is 1. The minimum atomic E-state index is 0.0273. The largest absolute Gasteiger partial charge is 0.462 e. The number of ether oxygens (including phenoxy) is 2. The van der Waals surface area contributed by atoms with Crippen LogP contribution in [0.1, 0.15) is 298 Å². The van der Waals surface area contributed by atoms with Crippen LogP contribution in [0.2, 0.25) is 0 Å². The van der Waals surface area contributed by atoms with Gasteiger partial charge >= 0.3 is 5.97 Å². The number of hydrogen-bond acceptors (Lipinski definition) is 7. The molecule has 0 aromatic carbocycles. The van der Waals surface area contributed by atoms with E-state index in [0.717, 1.165) is 89.5 Å². The summed E-state index contributed by atoms with van der Waals surface area (Å²) in [6.07, 6.45) is 53.0. The van der Waals surface area contributed by atoms with Crippen molar-refractivity contribution >= 4 is 17.5 Å². The third kappa shape index (κ3) is 52.8. The van der Waals surface area contributed by atoms with Crippen LogP contribution >= 0.6 is 0 Å². The number of hydrogen-bond donors (Lipinski definition) is 0. The van der Waals surface area contributed by atoms with E-state index in [9.17, 15) is 14.4 Å². The van der Waals surface area contributed by atoms with E-state index < -0.39 is 0 Å². The van der Waals surface area contributed by atoms with Crippen LogP contribution in [0.5, 0.6) is 0 Å². The lowest BCUT2D eigenvalue weighted by Crippen LogP contribution is -2.34. The molecule has 420 valence electrons. The predicted octanol–water partition coefficient (Wildman–Crippen LogP) is 18.6. The fourth-order valence-electron chi connectivity index (χ4n) is 9.77. The first kappa shape index (κ1) is 71.2. The Bertz CT molecular complexity index is 1140. The highest BCUT2D eigenvalue weighted by Crippen LogP contribution is 2.25. The molecular formula is C64H124N2O5. The van der Waals surface area contributed by atoms with Crippen molar-refractivity contribution in [1.82, 2.24) is 9.80 Å². The number of nitrogens with zero attached hydrogens (tertiary/aromatic N) is 2. The van der Waals surface area contributed by atoms with Gasteiger partial charge in [0.1, 0.15) is 11.9 Å². The Balaban J connectivity index is 0. The second kappa shape index (κ2) is 55.9. The normalized spacial score (nSPS) is 14.6. The van der Waals surface area contributed by atoms with Crippen molar-refractivity contribution in [3.8, 4) is 0 Å². The van der Waals surface area contributed by atoms with Gasteiger partial charge in [-0.1, -0.05) is 214 Å². The zero-order chi connectivity index (χ0) is 52.8. The average molecular weight is 1000 g/mol. The minimum absolute atomic E-state index is 0.0273. The summed E-state index contributed by atoms with van der Waals surface area (Å²) in [6.45, 7) is 25.4. The molecule has 7 nitrogen and oxygen atoms in total. The van der Waals surface area contributed by atoms with E-state index in [-0.39, 0.29) is 17.9 Å². The van der Waals surface area contributed by atoms with Crippen LogP contribution in [0.25, 0.3) is 0 Å². The molecule has 0 spiro atoms. The van der Waals surface area contributed by atoms with E-state index in [2.05, 4.69) is 58.8 Å². The van der Waals surface area contributed by atoms with Crippen LogP contribution in [0, 0.1) is 11.8 Å². The Hall–Kier alpha value is -1.83. The lowest BCUT2D eigenvalue weighted by atomic mass is 9.94. The van der Waals surface area contributed by atoms with Crippen molar-refractivity contribution in [3.05, 3.63) is 25.3 Å². The average Bonchev–Trinajstić information content (AvgIpc) is 3.71. The van der Waals surface area contributed by atoms with Crippen molar-refractivity contribution in [3.63, 3.8) is 0 Å². The van der Waals surface area contributed by atoms with Crippen molar-refractivity contribution < 1.29 is 23.9 Å². The monoisotopic (exact) mass is 1000 g/mol. The first-order chi connectivity index (χ1) is 34.5. The molecule has 71 heavy (non-hydrogen) atoms. The number of carbonyl (C=O) groups excluding carboxylic acids is 3. The first-order valence-electron chi connectivity index (χ1n) is 30.9. The molecule has 0 saturated carbocycles. The maximum Gasteiger partial charge on any atom is 0.306 e. The Labute approximate surface area is 444 Å². The maximum atomic E-state index is 12.6. The molecule has 0 aliphatic carbocycles. The zero-order valence-corrected chi connectivity index (χ0v) is 49.1. The molecule has 0 aromatic rings. The first-order valence-corrected chi connectivity index (χ1v) is 30.9. The summed E-state index contributed by atoms with van der Waals surface area (Å²) in [5.74, 6) is 1.99. The van der Waals surface area contributed by atoms with Gasteiger partial charge in [-0.05, 0) is 116 Å². The van der Waals surface area contributed by atoms with Crippen molar-refractivity contribution in [1.29, 1.82) is 0 Å². The van der Waals surface area contributed by atoms with Crippen LogP contribution in [0.15, 0.2) is 25.3 Å². The van der Waals surface area contributed by atoms with Crippen molar-refractivity contribution in [2.75, 3.05) is 46.9 Å². The highest BCUT2D eigenvalue weighted by atomic mass is 16.5. The number of carbonyl (C=O) groups is 3. The number of rotatable bonds is 50. The molecule has 7 heteroatoms. The molecule has 1 aliphatic rings. The van der Waals surface area contributed by atoms with Crippen LogP contribution in [-0.2, 0) is 23.9 Å². The number of Topliss-reactive ketones (excluding diaryl/α,β-unsaturated/α-hetero) is 1. The molecule has 1 fully saturated rings. The van der Waals surface area contributed by atoms with E-state index in [0.29, 0.717) is 24.7 Å². The SMILES string of the molecule is C=CC(=O)CCN(C)C.C=CC(CCCCCCCC)CCCCCCCC.CCCCCCCCC(CCCCCCCC)OC(=O)CCCCCCCOC[C@@H]1CC(C)CN1CCCCCC(C)=O. The van der Waals surface area contributed by atoms with Gasteiger partial charge in [-0.3, -0.25) is 14.5 Å². The minimum Gasteiger partial charge on any atom is -0.462 e. The zero-order valence-electron chi connectivity index (χ0n) is 49.1. The molecule has 0 bridgehead atoms. The van der Waals surface area contributed by atoms with Gasteiger partial charge in [-0.25, -0.2) is 0 Å². The van der Waals surface area contributed by atoms with E-state index in [4.69, 9.17) is 9.47 Å². The molecule has 1 rings (SSSR count). The van der Waals surface area contributed by atoms with Gasteiger partial charge < -0.3 is 19.2 Å². The molecule has 1 aliphatic heterocycles. The smallest absolute Gasteiger partial charge is 0.306 e. The standard InChI is InChI=1S/C38H73NO4.C19H38.C7H13NO/c1-5-7-9-11-14-20-26-37(27-21-15-12-10-8-6-2)43-38(41)28-22-16-13-17-24-30-42-33-36-31-34(3)32-39(36)29-23-18-19-25-35(4)40;1-4-7-9-11-13-15-17-19(6-3)18-16-14-12-10-8-5-2;1-4-7(9)5-6-8(2)3/h34,36-37H,5-33H2,1-4H3;6,19H,3-5,7-18H2,1-2H3;4H,1,5-6H2,2-3H3/t34?,36-;;/m0../s1. The molecule has 0 aromatic heterocycles. The molecule has 0 N–H and O–H groups in total. The molecule has 0 amide bonds. The second-order valence-corrected chi connectivity index (χ2v) is 22.2. The van der Waals surface area contributed by atoms with Crippen LogP contribution in [0.3, 0.4) is 0 Å². The maximum absolute atomic E-state index is 12.6. The van der Waals surface area contributed by atoms with Gasteiger partial charge in [0.25, 0.3) is 0 Å². The van der Waals surface area contributed by atoms with E-state index in [1.807, 2.05) is 19.0 Å².